The van der Waals surface area contributed by atoms with E-state index in [1.54, 1.807) is 0 Å². The number of ether oxygens (including phenoxy) is 1. The average molecular weight is 675 g/mol. The van der Waals surface area contributed by atoms with Crippen LogP contribution >= 0.6 is 7.82 Å². The summed E-state index contributed by atoms with van der Waals surface area (Å²) in [5.41, 5.74) is 2.46. The molecule has 2 saturated heterocycles. The molecule has 3 heterocycles. The molecule has 1 unspecified atom stereocenters. The van der Waals surface area contributed by atoms with Crippen molar-refractivity contribution in [2.24, 2.45) is 0 Å². The summed E-state index contributed by atoms with van der Waals surface area (Å²) in [7, 11) is -4.14. The molecule has 47 heavy (non-hydrogen) atoms. The lowest BCUT2D eigenvalue weighted by atomic mass is 9.98. The number of aromatic nitrogens is 2. The van der Waals surface area contributed by atoms with Crippen molar-refractivity contribution in [3.63, 3.8) is 0 Å². The number of phosphoric acid groups is 1. The molecule has 258 valence electrons. The number of nitrogen functional groups attached to an aromatic ring is 1. The van der Waals surface area contributed by atoms with E-state index in [1.165, 1.54) is 19.2 Å². The molecule has 0 bridgehead atoms. The molecule has 2 aliphatic rings. The molecule has 1 aromatic heterocycles. The van der Waals surface area contributed by atoms with Gasteiger partial charge in [0, 0.05) is 19.2 Å². The van der Waals surface area contributed by atoms with Crippen molar-refractivity contribution < 1.29 is 32.1 Å². The molecule has 1 amide bonds. The zero-order chi connectivity index (χ0) is 34.0. The van der Waals surface area contributed by atoms with Gasteiger partial charge in [0.2, 0.25) is 5.91 Å². The van der Waals surface area contributed by atoms with E-state index in [2.05, 4.69) is 78.0 Å². The monoisotopic (exact) mass is 674 g/mol. The van der Waals surface area contributed by atoms with Gasteiger partial charge in [-0.1, -0.05) is 79.8 Å². The summed E-state index contributed by atoms with van der Waals surface area (Å²) in [6, 6.07) is 1.34. The minimum Gasteiger partial charge on any atom is -0.383 e. The maximum atomic E-state index is 15.8. The molecule has 0 aliphatic carbocycles. The van der Waals surface area contributed by atoms with Gasteiger partial charge in [-0.3, -0.25) is 22.9 Å². The Labute approximate surface area is 276 Å². The highest BCUT2D eigenvalue weighted by atomic mass is 31.2. The third-order valence-electron chi connectivity index (χ3n) is 7.23. The Kier molecular flexibility index (Phi) is 16.2. The third kappa shape index (κ3) is 13.0. The van der Waals surface area contributed by atoms with Gasteiger partial charge in [-0.2, -0.15) is 4.98 Å². The second kappa shape index (κ2) is 20.1. The SMILES string of the molecule is CCC=CCC=CCC=CCC=CCC=CCC=CCCC(=O)NCCOP1(=O)OC[C@H]2O[C@@H](n3ccc(N)nc3=O)[C@](C)(F)[C@@H]2O1. The van der Waals surface area contributed by atoms with Crippen molar-refractivity contribution in [1.29, 1.82) is 0 Å². The number of phosphoric ester groups is 1. The molecule has 1 aromatic rings. The maximum absolute atomic E-state index is 15.8. The predicted octanol–water partition coefficient (Wildman–Crippen LogP) is 6.59. The number of anilines is 1. The summed E-state index contributed by atoms with van der Waals surface area (Å²) in [4.78, 5) is 28.0. The third-order valence-corrected chi connectivity index (χ3v) is 8.68. The summed E-state index contributed by atoms with van der Waals surface area (Å²) in [5.74, 6) is -0.205. The Balaban J connectivity index is 1.24. The number of halogens is 1. The zero-order valence-electron chi connectivity index (χ0n) is 27.2. The lowest BCUT2D eigenvalue weighted by Gasteiger charge is -2.33. The molecular weight excluding hydrogens is 626 g/mol. The molecule has 2 aliphatic heterocycles. The van der Waals surface area contributed by atoms with Gasteiger partial charge < -0.3 is 15.8 Å². The van der Waals surface area contributed by atoms with Crippen LogP contribution < -0.4 is 16.7 Å². The van der Waals surface area contributed by atoms with Crippen molar-refractivity contribution in [1.82, 2.24) is 14.9 Å². The molecule has 5 atom stereocenters. The maximum Gasteiger partial charge on any atom is 0.475 e. The summed E-state index contributed by atoms with van der Waals surface area (Å²) in [6.07, 6.45) is 29.7. The number of nitrogens with one attached hydrogen (secondary N) is 1. The Morgan fingerprint density at radius 1 is 1.06 bits per heavy atom. The number of carbonyl (C=O) groups excluding carboxylic acids is 1. The first-order valence-electron chi connectivity index (χ1n) is 16.1. The highest BCUT2D eigenvalue weighted by Gasteiger charge is 2.61. The molecule has 2 fully saturated rings. The number of alkyl halides is 1. The lowest BCUT2D eigenvalue weighted by Crippen LogP contribution is -2.46. The van der Waals surface area contributed by atoms with Crippen LogP contribution in [0.25, 0.3) is 0 Å². The van der Waals surface area contributed by atoms with E-state index in [0.717, 1.165) is 43.1 Å². The van der Waals surface area contributed by atoms with Gasteiger partial charge >= 0.3 is 13.5 Å². The number of nitrogens with zero attached hydrogens (tertiary/aromatic N) is 2. The van der Waals surface area contributed by atoms with Crippen molar-refractivity contribution in [3.8, 4) is 0 Å². The van der Waals surface area contributed by atoms with Crippen molar-refractivity contribution >= 4 is 19.5 Å². The van der Waals surface area contributed by atoms with Gasteiger partial charge in [0.25, 0.3) is 0 Å². The molecule has 0 radical (unpaired) electrons. The minimum absolute atomic E-state index is 0.0134. The first kappa shape index (κ1) is 38.0. The molecule has 11 nitrogen and oxygen atoms in total. The van der Waals surface area contributed by atoms with Crippen LogP contribution in [0.2, 0.25) is 0 Å². The predicted molar refractivity (Wildman–Crippen MR) is 181 cm³/mol. The highest BCUT2D eigenvalue weighted by Crippen LogP contribution is 2.59. The topological polar surface area (TPSA) is 144 Å². The van der Waals surface area contributed by atoms with Crippen LogP contribution in [0.4, 0.5) is 10.2 Å². The molecular formula is C34H48FN4O7P. The number of amides is 1. The summed E-state index contributed by atoms with van der Waals surface area (Å²) < 4.78 is 51.4. The Morgan fingerprint density at radius 2 is 1.64 bits per heavy atom. The zero-order valence-corrected chi connectivity index (χ0v) is 28.1. The van der Waals surface area contributed by atoms with Gasteiger partial charge in [-0.05, 0) is 57.9 Å². The molecule has 13 heteroatoms. The second-order valence-electron chi connectivity index (χ2n) is 11.1. The van der Waals surface area contributed by atoms with Gasteiger partial charge in [0.05, 0.1) is 13.2 Å². The Morgan fingerprint density at radius 3 is 2.21 bits per heavy atom. The number of allylic oxidation sites excluding steroid dienone is 12. The molecule has 3 rings (SSSR count). The fourth-order valence-electron chi connectivity index (χ4n) is 4.81. The van der Waals surface area contributed by atoms with E-state index >= 15 is 4.39 Å². The van der Waals surface area contributed by atoms with E-state index in [9.17, 15) is 14.2 Å². The molecule has 0 saturated carbocycles. The molecule has 3 N–H and O–H groups in total. The van der Waals surface area contributed by atoms with Gasteiger partial charge in [-0.25, -0.2) is 13.8 Å². The first-order chi connectivity index (χ1) is 22.7. The van der Waals surface area contributed by atoms with Crippen LogP contribution in [0.5, 0.6) is 0 Å². The van der Waals surface area contributed by atoms with E-state index < -0.39 is 37.6 Å². The van der Waals surface area contributed by atoms with Gasteiger partial charge in [0.15, 0.2) is 11.9 Å². The standard InChI is InChI=1S/C34H48FN4O7P/c1-3-4-5-6-7-8-9-10-11-12-13-14-15-16-17-18-19-20-21-22-30(40)37-24-26-43-47(42)44-27-28-31(46-47)34(2,35)32(45-28)39-25-23-29(36)38-33(39)41/h4-5,7-8,10-11,13-14,16-17,19-20,23,25,28,31-32H,3,6,9,12,15,18,21-22,24,26-27H2,1-2H3,(H,37,40)(H2,36,38,41)/t28-,31-,32-,34-,47?/m1/s1. The average Bonchev–Trinajstić information content (AvgIpc) is 3.29. The first-order valence-corrected chi connectivity index (χ1v) is 17.6. The van der Waals surface area contributed by atoms with Crippen LogP contribution in [0.1, 0.15) is 71.4 Å². The lowest BCUT2D eigenvalue weighted by molar-refractivity contribution is -0.121. The fourth-order valence-corrected chi connectivity index (χ4v) is 6.27. The Bertz CT molecular complexity index is 1420. The van der Waals surface area contributed by atoms with Crippen molar-refractivity contribution in [3.05, 3.63) is 95.7 Å². The largest absolute Gasteiger partial charge is 0.475 e. The quantitative estimate of drug-likeness (QED) is 0.0944. The van der Waals surface area contributed by atoms with Crippen LogP contribution in [0.15, 0.2) is 90.0 Å². The van der Waals surface area contributed by atoms with E-state index in [0.29, 0.717) is 6.42 Å². The van der Waals surface area contributed by atoms with Crippen molar-refractivity contribution in [2.75, 3.05) is 25.5 Å². The number of fused-ring (bicyclic) bond motifs is 1. The molecule has 0 spiro atoms. The highest BCUT2D eigenvalue weighted by molar-refractivity contribution is 7.48. The van der Waals surface area contributed by atoms with Crippen molar-refractivity contribution in [2.45, 2.75) is 89.3 Å². The second-order valence-corrected chi connectivity index (χ2v) is 12.7. The summed E-state index contributed by atoms with van der Waals surface area (Å²) in [6.45, 7) is 2.93. The number of hydrogen-bond donors (Lipinski definition) is 2. The van der Waals surface area contributed by atoms with Gasteiger partial charge in [-0.15, -0.1) is 0 Å². The van der Waals surface area contributed by atoms with E-state index in [-0.39, 0.29) is 37.9 Å². The smallest absolute Gasteiger partial charge is 0.383 e. The number of nitrogens with two attached hydrogens (primary N) is 1. The van der Waals surface area contributed by atoms with E-state index in [1.807, 2.05) is 12.2 Å². The number of hydrogen-bond acceptors (Lipinski definition) is 9. The van der Waals surface area contributed by atoms with E-state index in [4.69, 9.17) is 24.0 Å². The number of rotatable bonds is 19. The fraction of sp³-hybridized carbons (Fsp3) is 0.500. The molecule has 0 aromatic carbocycles. The van der Waals surface area contributed by atoms with Crippen LogP contribution in [0.3, 0.4) is 0 Å². The minimum atomic E-state index is -4.14. The van der Waals surface area contributed by atoms with Gasteiger partial charge in [0.1, 0.15) is 18.0 Å². The summed E-state index contributed by atoms with van der Waals surface area (Å²) >= 11 is 0. The Hall–Kier alpha value is -3.41. The normalized spacial score (nSPS) is 26.6. The number of carbonyl (C=O) groups is 1. The van der Waals surface area contributed by atoms with Crippen LogP contribution in [-0.4, -0.2) is 53.1 Å². The summed E-state index contributed by atoms with van der Waals surface area (Å²) in [5, 5.41) is 2.68. The van der Waals surface area contributed by atoms with Crippen LogP contribution in [-0.2, 0) is 27.7 Å². The van der Waals surface area contributed by atoms with Crippen LogP contribution in [0, 0.1) is 0 Å².